The molecule has 2 heteroatoms. The van der Waals surface area contributed by atoms with E-state index < -0.39 is 0 Å². The molecular weight excluding hydrogens is 102 g/mol. The maximum Gasteiger partial charge on any atom is 0.309 e. The summed E-state index contributed by atoms with van der Waals surface area (Å²) in [4.78, 5) is 9.56. The molecule has 0 fully saturated rings. The third-order valence-corrected chi connectivity index (χ3v) is 0.932. The molecule has 2 nitrogen and oxygen atoms in total. The first-order chi connectivity index (χ1) is 3.81. The van der Waals surface area contributed by atoms with E-state index in [4.69, 9.17) is 0 Å². The standard InChI is InChI=1S/C6H10NO/c1-3-6(2)4-7-5-8/h3H,4H2,1-2H3,(H,7,8)/b6-3+. The second-order valence-corrected chi connectivity index (χ2v) is 1.59. The summed E-state index contributed by atoms with van der Waals surface area (Å²) in [5.74, 6) is 0. The van der Waals surface area contributed by atoms with Gasteiger partial charge in [0.2, 0.25) is 0 Å². The zero-order valence-corrected chi connectivity index (χ0v) is 5.19. The molecule has 1 amide bonds. The molecular formula is C6H10NO. The summed E-state index contributed by atoms with van der Waals surface area (Å²) in [6, 6.07) is 0. The minimum absolute atomic E-state index is 0.611. The quantitative estimate of drug-likeness (QED) is 0.420. The van der Waals surface area contributed by atoms with E-state index in [1.807, 2.05) is 19.9 Å². The lowest BCUT2D eigenvalue weighted by Crippen LogP contribution is -2.12. The van der Waals surface area contributed by atoms with Crippen molar-refractivity contribution in [3.8, 4) is 0 Å². The van der Waals surface area contributed by atoms with Crippen LogP contribution in [0, 0.1) is 0 Å². The Bertz CT molecular complexity index is 96.7. The average molecular weight is 112 g/mol. The largest absolute Gasteiger partial charge is 0.344 e. The molecule has 0 aliphatic rings. The SMILES string of the molecule is C/C=C(\C)CN[C]=O. The van der Waals surface area contributed by atoms with Crippen molar-refractivity contribution in [1.82, 2.24) is 5.32 Å². The van der Waals surface area contributed by atoms with Crippen LogP contribution in [0.3, 0.4) is 0 Å². The first-order valence-electron chi connectivity index (χ1n) is 2.53. The summed E-state index contributed by atoms with van der Waals surface area (Å²) in [7, 11) is 0. The molecule has 0 atom stereocenters. The van der Waals surface area contributed by atoms with Gasteiger partial charge in [-0.2, -0.15) is 0 Å². The lowest BCUT2D eigenvalue weighted by Gasteiger charge is -1.93. The smallest absolute Gasteiger partial charge is 0.309 e. The van der Waals surface area contributed by atoms with Gasteiger partial charge in [-0.3, -0.25) is 4.79 Å². The molecule has 0 aromatic heterocycles. The van der Waals surface area contributed by atoms with Crippen LogP contribution in [0.2, 0.25) is 0 Å². The molecule has 0 spiro atoms. The molecule has 1 N–H and O–H groups in total. The predicted octanol–water partition coefficient (Wildman–Crippen LogP) is 0.609. The van der Waals surface area contributed by atoms with Gasteiger partial charge in [-0.15, -0.1) is 0 Å². The highest BCUT2D eigenvalue weighted by Crippen LogP contribution is 1.85. The van der Waals surface area contributed by atoms with E-state index in [0.29, 0.717) is 6.54 Å². The Labute approximate surface area is 49.6 Å². The van der Waals surface area contributed by atoms with Gasteiger partial charge >= 0.3 is 6.41 Å². The third kappa shape index (κ3) is 3.40. The van der Waals surface area contributed by atoms with Crippen LogP contribution in [0.5, 0.6) is 0 Å². The van der Waals surface area contributed by atoms with Gasteiger partial charge in [0.05, 0.1) is 0 Å². The minimum atomic E-state index is 0.611. The van der Waals surface area contributed by atoms with Crippen LogP contribution in [0.15, 0.2) is 11.6 Å². The van der Waals surface area contributed by atoms with Gasteiger partial charge in [0.1, 0.15) is 0 Å². The molecule has 0 aliphatic heterocycles. The number of allylic oxidation sites excluding steroid dienone is 1. The summed E-state index contributed by atoms with van der Waals surface area (Å²) in [5.41, 5.74) is 1.15. The molecule has 45 valence electrons. The van der Waals surface area contributed by atoms with E-state index in [9.17, 15) is 4.79 Å². The Hall–Kier alpha value is -0.790. The van der Waals surface area contributed by atoms with Gasteiger partial charge in [0.25, 0.3) is 0 Å². The maximum atomic E-state index is 9.56. The fraction of sp³-hybridized carbons (Fsp3) is 0.500. The average Bonchev–Trinajstić information content (AvgIpc) is 1.83. The number of hydrogen-bond donors (Lipinski definition) is 1. The number of rotatable bonds is 3. The van der Waals surface area contributed by atoms with Crippen LogP contribution in [-0.2, 0) is 4.79 Å². The molecule has 0 heterocycles. The maximum absolute atomic E-state index is 9.56. The van der Waals surface area contributed by atoms with Gasteiger partial charge in [0, 0.05) is 6.54 Å². The van der Waals surface area contributed by atoms with Gasteiger partial charge < -0.3 is 5.32 Å². The fourth-order valence-corrected chi connectivity index (χ4v) is 0.278. The molecule has 0 unspecified atom stereocenters. The van der Waals surface area contributed by atoms with Crippen molar-refractivity contribution in [3.05, 3.63) is 11.6 Å². The monoisotopic (exact) mass is 112 g/mol. The zero-order chi connectivity index (χ0) is 6.41. The molecule has 0 saturated heterocycles. The summed E-state index contributed by atoms with van der Waals surface area (Å²) in [5, 5.41) is 2.43. The van der Waals surface area contributed by atoms with Gasteiger partial charge in [0.15, 0.2) is 0 Å². The number of amides is 1. The van der Waals surface area contributed by atoms with Crippen molar-refractivity contribution in [3.63, 3.8) is 0 Å². The molecule has 0 rings (SSSR count). The number of nitrogens with one attached hydrogen (secondary N) is 1. The summed E-state index contributed by atoms with van der Waals surface area (Å²) in [6.07, 6.45) is 3.54. The lowest BCUT2D eigenvalue weighted by atomic mass is 10.3. The first kappa shape index (κ1) is 7.21. The fourth-order valence-electron chi connectivity index (χ4n) is 0.278. The van der Waals surface area contributed by atoms with Crippen LogP contribution in [-0.4, -0.2) is 13.0 Å². The normalized spacial score (nSPS) is 11.0. The second-order valence-electron chi connectivity index (χ2n) is 1.59. The molecule has 0 aromatic carbocycles. The van der Waals surface area contributed by atoms with Crippen molar-refractivity contribution in [2.24, 2.45) is 0 Å². The van der Waals surface area contributed by atoms with Crippen molar-refractivity contribution in [2.45, 2.75) is 13.8 Å². The number of carbonyl (C=O) groups excluding carboxylic acids is 1. The molecule has 0 saturated carbocycles. The van der Waals surface area contributed by atoms with E-state index in [1.165, 1.54) is 0 Å². The lowest BCUT2D eigenvalue weighted by molar-refractivity contribution is 0.545. The molecule has 0 aromatic rings. The molecule has 0 bridgehead atoms. The Balaban J connectivity index is 3.24. The van der Waals surface area contributed by atoms with Crippen molar-refractivity contribution in [1.29, 1.82) is 0 Å². The topological polar surface area (TPSA) is 29.1 Å². The Morgan fingerprint density at radius 1 is 1.88 bits per heavy atom. The van der Waals surface area contributed by atoms with Crippen LogP contribution < -0.4 is 5.32 Å². The summed E-state index contributed by atoms with van der Waals surface area (Å²) < 4.78 is 0. The van der Waals surface area contributed by atoms with Gasteiger partial charge in [-0.1, -0.05) is 11.6 Å². The number of hydrogen-bond acceptors (Lipinski definition) is 1. The van der Waals surface area contributed by atoms with E-state index in [1.54, 1.807) is 6.41 Å². The van der Waals surface area contributed by atoms with Crippen molar-refractivity contribution >= 4 is 6.41 Å². The first-order valence-corrected chi connectivity index (χ1v) is 2.53. The zero-order valence-electron chi connectivity index (χ0n) is 5.19. The highest BCUT2D eigenvalue weighted by Gasteiger charge is 1.82. The van der Waals surface area contributed by atoms with E-state index in [-0.39, 0.29) is 0 Å². The van der Waals surface area contributed by atoms with E-state index in [0.717, 1.165) is 5.57 Å². The van der Waals surface area contributed by atoms with Crippen LogP contribution in [0.25, 0.3) is 0 Å². The molecule has 8 heavy (non-hydrogen) atoms. The highest BCUT2D eigenvalue weighted by atomic mass is 16.1. The van der Waals surface area contributed by atoms with E-state index in [2.05, 4.69) is 5.32 Å². The summed E-state index contributed by atoms with van der Waals surface area (Å²) >= 11 is 0. The van der Waals surface area contributed by atoms with Gasteiger partial charge in [-0.05, 0) is 13.8 Å². The second kappa shape index (κ2) is 4.37. The van der Waals surface area contributed by atoms with Crippen molar-refractivity contribution < 1.29 is 4.79 Å². The summed E-state index contributed by atoms with van der Waals surface area (Å²) in [6.45, 7) is 4.49. The van der Waals surface area contributed by atoms with Crippen LogP contribution in [0.1, 0.15) is 13.8 Å². The Morgan fingerprint density at radius 2 is 2.50 bits per heavy atom. The highest BCUT2D eigenvalue weighted by molar-refractivity contribution is 5.47. The van der Waals surface area contributed by atoms with E-state index >= 15 is 0 Å². The van der Waals surface area contributed by atoms with Gasteiger partial charge in [-0.25, -0.2) is 0 Å². The van der Waals surface area contributed by atoms with Crippen LogP contribution >= 0.6 is 0 Å². The van der Waals surface area contributed by atoms with Crippen molar-refractivity contribution in [2.75, 3.05) is 6.54 Å². The Kier molecular flexibility index (Phi) is 3.94. The minimum Gasteiger partial charge on any atom is -0.344 e. The third-order valence-electron chi connectivity index (χ3n) is 0.932. The predicted molar refractivity (Wildman–Crippen MR) is 33.1 cm³/mol. The molecule has 0 aliphatic carbocycles. The van der Waals surface area contributed by atoms with Crippen LogP contribution in [0.4, 0.5) is 0 Å². The molecule has 1 radical (unpaired) electrons. The Morgan fingerprint density at radius 3 is 2.88 bits per heavy atom.